The van der Waals surface area contributed by atoms with Crippen LogP contribution in [0.25, 0.3) is 23.1 Å². The Labute approximate surface area is 192 Å². The van der Waals surface area contributed by atoms with Gasteiger partial charge < -0.3 is 29.2 Å². The number of halogens is 1. The molecule has 2 saturated heterocycles. The highest BCUT2D eigenvalue weighted by atomic mass is 19.1. The minimum absolute atomic E-state index is 0.158. The molecular weight excluding hydrogens is 449 g/mol. The Kier molecular flexibility index (Phi) is 5.86. The van der Waals surface area contributed by atoms with Crippen molar-refractivity contribution in [3.63, 3.8) is 0 Å². The fourth-order valence-electron chi connectivity index (χ4n) is 4.13. The first-order valence-corrected chi connectivity index (χ1v) is 10.8. The second-order valence-corrected chi connectivity index (χ2v) is 8.13. The van der Waals surface area contributed by atoms with Crippen LogP contribution >= 0.6 is 0 Å². The van der Waals surface area contributed by atoms with E-state index in [2.05, 4.69) is 9.97 Å². The molecule has 0 radical (unpaired) electrons. The monoisotopic (exact) mass is 471 g/mol. The quantitative estimate of drug-likeness (QED) is 0.418. The van der Waals surface area contributed by atoms with Crippen molar-refractivity contribution >= 4 is 40.4 Å². The Hall–Kier alpha value is -3.61. The first-order valence-electron chi connectivity index (χ1n) is 10.8. The van der Waals surface area contributed by atoms with Gasteiger partial charge in [0.05, 0.1) is 42.7 Å². The van der Waals surface area contributed by atoms with Crippen LogP contribution in [-0.4, -0.2) is 76.7 Å². The van der Waals surface area contributed by atoms with Crippen LogP contribution in [0.5, 0.6) is 0 Å². The van der Waals surface area contributed by atoms with Crippen LogP contribution in [0.1, 0.15) is 11.6 Å². The number of rotatable bonds is 5. The molecule has 3 aromatic rings. The summed E-state index contributed by atoms with van der Waals surface area (Å²) in [4.78, 5) is 22.8. The number of aliphatic hydroxyl groups is 2. The molecule has 178 valence electrons. The summed E-state index contributed by atoms with van der Waals surface area (Å²) in [6.07, 6.45) is 1.10. The molecule has 2 N–H and O–H groups in total. The molecule has 5 rings (SSSR count). The van der Waals surface area contributed by atoms with Gasteiger partial charge in [-0.25, -0.2) is 14.4 Å². The highest BCUT2D eigenvalue weighted by molar-refractivity contribution is 5.93. The maximum atomic E-state index is 15.1. The molecule has 4 heterocycles. The van der Waals surface area contributed by atoms with Gasteiger partial charge in [0, 0.05) is 37.6 Å². The lowest BCUT2D eigenvalue weighted by atomic mass is 10.1. The van der Waals surface area contributed by atoms with Crippen LogP contribution in [0.4, 0.5) is 21.8 Å². The summed E-state index contributed by atoms with van der Waals surface area (Å²) in [7, 11) is 0. The fourth-order valence-corrected chi connectivity index (χ4v) is 4.13. The molecule has 2 aliphatic heterocycles. The van der Waals surface area contributed by atoms with Crippen molar-refractivity contribution in [2.24, 2.45) is 0 Å². The molecule has 2 aliphatic rings. The number of hydrogen-bond donors (Lipinski definition) is 2. The van der Waals surface area contributed by atoms with Crippen LogP contribution < -0.4 is 9.80 Å². The second-order valence-electron chi connectivity index (χ2n) is 8.13. The van der Waals surface area contributed by atoms with Gasteiger partial charge in [-0.3, -0.25) is 10.1 Å². The van der Waals surface area contributed by atoms with E-state index in [4.69, 9.17) is 9.15 Å². The molecule has 0 spiro atoms. The Morgan fingerprint density at radius 2 is 1.82 bits per heavy atom. The van der Waals surface area contributed by atoms with Crippen molar-refractivity contribution in [1.29, 1.82) is 0 Å². The van der Waals surface area contributed by atoms with Crippen molar-refractivity contribution in [3.05, 3.63) is 51.8 Å². The maximum absolute atomic E-state index is 15.1. The number of morpholine rings is 1. The van der Waals surface area contributed by atoms with Crippen LogP contribution in [0, 0.1) is 15.9 Å². The van der Waals surface area contributed by atoms with Gasteiger partial charge in [0.1, 0.15) is 22.3 Å². The Balaban J connectivity index is 1.57. The molecule has 0 unspecified atom stereocenters. The van der Waals surface area contributed by atoms with Crippen molar-refractivity contribution in [2.45, 2.75) is 12.2 Å². The highest BCUT2D eigenvalue weighted by Crippen LogP contribution is 2.33. The van der Waals surface area contributed by atoms with Crippen LogP contribution in [0.2, 0.25) is 0 Å². The molecule has 0 bridgehead atoms. The van der Waals surface area contributed by atoms with Crippen LogP contribution in [0.3, 0.4) is 0 Å². The number of β-amino-alcohol motifs (C(OH)–C–C–N with tert-alkyl or cyclic N) is 2. The van der Waals surface area contributed by atoms with E-state index in [1.807, 2.05) is 4.90 Å². The summed E-state index contributed by atoms with van der Waals surface area (Å²) in [5, 5.41) is 31.6. The van der Waals surface area contributed by atoms with Crippen molar-refractivity contribution in [3.8, 4) is 0 Å². The second kappa shape index (κ2) is 8.97. The van der Waals surface area contributed by atoms with E-state index in [-0.39, 0.29) is 24.7 Å². The number of ether oxygens (including phenoxy) is 1. The third-order valence-corrected chi connectivity index (χ3v) is 5.86. The molecule has 34 heavy (non-hydrogen) atoms. The molecule has 2 aromatic heterocycles. The van der Waals surface area contributed by atoms with Gasteiger partial charge in [0.2, 0.25) is 0 Å². The zero-order chi connectivity index (χ0) is 23.8. The average Bonchev–Trinajstić information content (AvgIpc) is 3.44. The number of anilines is 2. The number of nitrogens with zero attached hydrogens (tertiary/aromatic N) is 5. The van der Waals surface area contributed by atoms with Gasteiger partial charge in [0.25, 0.3) is 0 Å². The van der Waals surface area contributed by atoms with E-state index in [0.29, 0.717) is 48.7 Å². The average molecular weight is 471 g/mol. The van der Waals surface area contributed by atoms with Gasteiger partial charge in [0.15, 0.2) is 5.82 Å². The van der Waals surface area contributed by atoms with Gasteiger partial charge >= 0.3 is 5.88 Å². The SMILES string of the molecule is O=[N+]([O-])c1ccc(C=Cc2nc(N3C[C@@H](O)[C@H](O)C3)c3cc(N4CCOCC4)c(F)cc3n2)o1. The standard InChI is InChI=1S/C22H22FN5O6/c23-15-10-16-14(9-17(15)26-5-7-33-8-6-26)22(27-11-18(29)19(30)12-27)25-20(24-16)3-1-13-2-4-21(34-13)28(31)32/h1-4,9-10,18-19,29-30H,5-8,11-12H2/t18-,19-/m1/s1. The largest absolute Gasteiger partial charge is 0.433 e. The molecule has 0 aliphatic carbocycles. The van der Waals surface area contributed by atoms with Crippen LogP contribution in [-0.2, 0) is 4.74 Å². The van der Waals surface area contributed by atoms with Gasteiger partial charge in [-0.1, -0.05) is 0 Å². The molecule has 11 nitrogen and oxygen atoms in total. The third-order valence-electron chi connectivity index (χ3n) is 5.86. The van der Waals surface area contributed by atoms with E-state index in [1.165, 1.54) is 30.4 Å². The Bertz CT molecular complexity index is 1250. The lowest BCUT2D eigenvalue weighted by Gasteiger charge is -2.29. The zero-order valence-corrected chi connectivity index (χ0v) is 18.0. The van der Waals surface area contributed by atoms with E-state index in [1.54, 1.807) is 11.0 Å². The third kappa shape index (κ3) is 4.30. The summed E-state index contributed by atoms with van der Waals surface area (Å²) in [5.74, 6) is 0.0728. The van der Waals surface area contributed by atoms with Crippen molar-refractivity contribution in [2.75, 3.05) is 49.2 Å². The smallest absolute Gasteiger partial charge is 0.401 e. The van der Waals surface area contributed by atoms with E-state index >= 15 is 4.39 Å². The molecule has 0 amide bonds. The number of hydrogen-bond acceptors (Lipinski definition) is 10. The number of aliphatic hydroxyl groups excluding tert-OH is 2. The molecule has 12 heteroatoms. The van der Waals surface area contributed by atoms with Crippen LogP contribution in [0.15, 0.2) is 28.7 Å². The number of furan rings is 1. The maximum Gasteiger partial charge on any atom is 0.433 e. The minimum Gasteiger partial charge on any atom is -0.401 e. The Morgan fingerprint density at radius 1 is 1.09 bits per heavy atom. The number of nitro groups is 1. The normalized spacial score (nSPS) is 21.1. The fraction of sp³-hybridized carbons (Fsp3) is 0.364. The molecule has 2 fully saturated rings. The highest BCUT2D eigenvalue weighted by Gasteiger charge is 2.32. The van der Waals surface area contributed by atoms with Gasteiger partial charge in [-0.05, 0) is 24.3 Å². The number of fused-ring (bicyclic) bond motifs is 1. The predicted octanol–water partition coefficient (Wildman–Crippen LogP) is 1.82. The molecule has 2 atom stereocenters. The van der Waals surface area contributed by atoms with Gasteiger partial charge in [-0.2, -0.15) is 0 Å². The van der Waals surface area contributed by atoms with E-state index in [0.717, 1.165) is 0 Å². The topological polar surface area (TPSA) is 138 Å². The van der Waals surface area contributed by atoms with E-state index < -0.39 is 28.8 Å². The summed E-state index contributed by atoms with van der Waals surface area (Å²) >= 11 is 0. The van der Waals surface area contributed by atoms with Gasteiger partial charge in [-0.15, -0.1) is 0 Å². The molecular formula is C22H22FN5O6. The lowest BCUT2D eigenvalue weighted by molar-refractivity contribution is -0.402. The first kappa shape index (κ1) is 22.2. The Morgan fingerprint density at radius 3 is 2.50 bits per heavy atom. The molecule has 1 aromatic carbocycles. The lowest BCUT2D eigenvalue weighted by Crippen LogP contribution is -2.36. The summed E-state index contributed by atoms with van der Waals surface area (Å²) in [6, 6.07) is 5.70. The van der Waals surface area contributed by atoms with Crippen molar-refractivity contribution < 1.29 is 28.7 Å². The first-order chi connectivity index (χ1) is 16.4. The minimum atomic E-state index is -0.938. The summed E-state index contributed by atoms with van der Waals surface area (Å²) in [5.41, 5.74) is 0.757. The number of aromatic nitrogens is 2. The number of benzene rings is 1. The van der Waals surface area contributed by atoms with E-state index in [9.17, 15) is 20.3 Å². The van der Waals surface area contributed by atoms with Crippen molar-refractivity contribution in [1.82, 2.24) is 9.97 Å². The zero-order valence-electron chi connectivity index (χ0n) is 18.0. The molecule has 0 saturated carbocycles. The predicted molar refractivity (Wildman–Crippen MR) is 121 cm³/mol. The summed E-state index contributed by atoms with van der Waals surface area (Å²) < 4.78 is 25.6. The summed E-state index contributed by atoms with van der Waals surface area (Å²) in [6.45, 7) is 2.42.